The number of para-hydroxylation sites is 1. The maximum absolute atomic E-state index is 11.2. The Kier molecular flexibility index (Phi) is 2.22. The first-order valence-corrected chi connectivity index (χ1v) is 4.62. The van der Waals surface area contributed by atoms with Crippen LogP contribution in [0, 0.1) is 0 Å². The summed E-state index contributed by atoms with van der Waals surface area (Å²) in [6.45, 7) is 1.48. The Balaban J connectivity index is 2.77. The molecule has 3 heteroatoms. The number of benzene rings is 1. The predicted molar refractivity (Wildman–Crippen MR) is 56.8 cm³/mol. The monoisotopic (exact) mass is 205 g/mol. The molecule has 0 amide bonds. The molecule has 0 spiro atoms. The Labute approximate surface area is 86.5 Å². The molecule has 0 saturated heterocycles. The number of halogens is 1. The largest absolute Gasteiger partial charge is 0.294 e. The molecule has 0 N–H and O–H groups in total. The highest BCUT2D eigenvalue weighted by molar-refractivity contribution is 6.33. The molecule has 2 nitrogen and oxygen atoms in total. The lowest BCUT2D eigenvalue weighted by Crippen LogP contribution is -1.95. The third-order valence-corrected chi connectivity index (χ3v) is 2.34. The number of ketones is 1. The minimum atomic E-state index is -0.0618. The van der Waals surface area contributed by atoms with E-state index in [1.54, 1.807) is 6.07 Å². The van der Waals surface area contributed by atoms with Crippen LogP contribution in [0.2, 0.25) is 5.15 Å². The minimum Gasteiger partial charge on any atom is -0.294 e. The zero-order chi connectivity index (χ0) is 10.1. The van der Waals surface area contributed by atoms with Gasteiger partial charge < -0.3 is 0 Å². The van der Waals surface area contributed by atoms with Gasteiger partial charge in [0.1, 0.15) is 5.15 Å². The van der Waals surface area contributed by atoms with Crippen LogP contribution >= 0.6 is 11.6 Å². The lowest BCUT2D eigenvalue weighted by Gasteiger charge is -2.01. The number of hydrogen-bond donors (Lipinski definition) is 0. The van der Waals surface area contributed by atoms with E-state index in [0.717, 1.165) is 10.9 Å². The number of hydrogen-bond acceptors (Lipinski definition) is 2. The van der Waals surface area contributed by atoms with Gasteiger partial charge in [0.25, 0.3) is 0 Å². The Morgan fingerprint density at radius 2 is 2.07 bits per heavy atom. The van der Waals surface area contributed by atoms with Crippen molar-refractivity contribution in [2.45, 2.75) is 6.92 Å². The molecule has 2 aromatic rings. The van der Waals surface area contributed by atoms with Gasteiger partial charge in [0, 0.05) is 5.39 Å². The van der Waals surface area contributed by atoms with Gasteiger partial charge in [-0.2, -0.15) is 0 Å². The van der Waals surface area contributed by atoms with Crippen molar-refractivity contribution in [2.75, 3.05) is 0 Å². The van der Waals surface area contributed by atoms with Crippen LogP contribution in [0.3, 0.4) is 0 Å². The van der Waals surface area contributed by atoms with Crippen molar-refractivity contribution in [3.05, 3.63) is 41.0 Å². The Bertz CT molecular complexity index is 508. The SMILES string of the molecule is CC(=O)c1cc2ccccc2nc1Cl. The smallest absolute Gasteiger partial charge is 0.162 e. The number of aromatic nitrogens is 1. The molecule has 0 aliphatic heterocycles. The fourth-order valence-electron chi connectivity index (χ4n) is 1.34. The molecule has 70 valence electrons. The van der Waals surface area contributed by atoms with Crippen LogP contribution in [0.15, 0.2) is 30.3 Å². The van der Waals surface area contributed by atoms with E-state index in [9.17, 15) is 4.79 Å². The molecule has 0 aliphatic rings. The molecule has 2 rings (SSSR count). The highest BCUT2D eigenvalue weighted by atomic mass is 35.5. The normalized spacial score (nSPS) is 10.4. The van der Waals surface area contributed by atoms with E-state index in [1.165, 1.54) is 6.92 Å². The van der Waals surface area contributed by atoms with Crippen LogP contribution in [0.4, 0.5) is 0 Å². The zero-order valence-corrected chi connectivity index (χ0v) is 8.38. The number of rotatable bonds is 1. The molecule has 0 fully saturated rings. The van der Waals surface area contributed by atoms with Gasteiger partial charge in [-0.15, -0.1) is 0 Å². The summed E-state index contributed by atoms with van der Waals surface area (Å²) in [6, 6.07) is 9.34. The molecule has 1 aromatic heterocycles. The highest BCUT2D eigenvalue weighted by Gasteiger charge is 2.07. The Morgan fingerprint density at radius 1 is 1.36 bits per heavy atom. The lowest BCUT2D eigenvalue weighted by molar-refractivity contribution is 0.101. The Morgan fingerprint density at radius 3 is 2.79 bits per heavy atom. The molecule has 0 radical (unpaired) electrons. The van der Waals surface area contributed by atoms with E-state index in [0.29, 0.717) is 5.56 Å². The van der Waals surface area contributed by atoms with E-state index in [2.05, 4.69) is 4.98 Å². The Hall–Kier alpha value is -1.41. The summed E-state index contributed by atoms with van der Waals surface area (Å²) in [5.74, 6) is -0.0618. The quantitative estimate of drug-likeness (QED) is 0.529. The second kappa shape index (κ2) is 3.39. The number of fused-ring (bicyclic) bond motifs is 1. The zero-order valence-electron chi connectivity index (χ0n) is 7.62. The molecule has 0 bridgehead atoms. The summed E-state index contributed by atoms with van der Waals surface area (Å²) in [5.41, 5.74) is 1.29. The molecule has 1 aromatic carbocycles. The van der Waals surface area contributed by atoms with Crippen LogP contribution < -0.4 is 0 Å². The van der Waals surface area contributed by atoms with E-state index in [-0.39, 0.29) is 10.9 Å². The summed E-state index contributed by atoms with van der Waals surface area (Å²) in [5, 5.41) is 1.21. The van der Waals surface area contributed by atoms with E-state index >= 15 is 0 Å². The van der Waals surface area contributed by atoms with Gasteiger partial charge >= 0.3 is 0 Å². The molecule has 0 unspecified atom stereocenters. The van der Waals surface area contributed by atoms with Gasteiger partial charge in [-0.3, -0.25) is 4.79 Å². The van der Waals surface area contributed by atoms with Crippen molar-refractivity contribution < 1.29 is 4.79 Å². The van der Waals surface area contributed by atoms with Gasteiger partial charge in [-0.25, -0.2) is 4.98 Å². The van der Waals surface area contributed by atoms with Crippen LogP contribution in [-0.4, -0.2) is 10.8 Å². The molecule has 1 heterocycles. The van der Waals surface area contributed by atoms with Crippen molar-refractivity contribution in [3.63, 3.8) is 0 Å². The first-order valence-electron chi connectivity index (χ1n) is 4.25. The number of carbonyl (C=O) groups excluding carboxylic acids is 1. The van der Waals surface area contributed by atoms with E-state index in [4.69, 9.17) is 11.6 Å². The molecule has 0 atom stereocenters. The van der Waals surface area contributed by atoms with Crippen LogP contribution in [0.1, 0.15) is 17.3 Å². The number of Topliss-reactive ketones (excluding diaryl/α,β-unsaturated/α-hetero) is 1. The fraction of sp³-hybridized carbons (Fsp3) is 0.0909. The summed E-state index contributed by atoms with van der Waals surface area (Å²) in [4.78, 5) is 15.3. The first-order chi connectivity index (χ1) is 6.68. The summed E-state index contributed by atoms with van der Waals surface area (Å²) in [7, 11) is 0. The van der Waals surface area contributed by atoms with Crippen LogP contribution in [0.25, 0.3) is 10.9 Å². The van der Waals surface area contributed by atoms with E-state index in [1.807, 2.05) is 24.3 Å². The fourth-order valence-corrected chi connectivity index (χ4v) is 1.62. The summed E-state index contributed by atoms with van der Waals surface area (Å²) >= 11 is 5.87. The number of pyridine rings is 1. The van der Waals surface area contributed by atoms with Gasteiger partial charge in [-0.05, 0) is 19.1 Å². The van der Waals surface area contributed by atoms with Crippen molar-refractivity contribution in [1.82, 2.24) is 4.98 Å². The average Bonchev–Trinajstić information content (AvgIpc) is 2.16. The lowest BCUT2D eigenvalue weighted by atomic mass is 10.1. The van der Waals surface area contributed by atoms with Crippen molar-refractivity contribution >= 4 is 28.3 Å². The molecule has 0 saturated carbocycles. The summed E-state index contributed by atoms with van der Waals surface area (Å²) in [6.07, 6.45) is 0. The highest BCUT2D eigenvalue weighted by Crippen LogP contribution is 2.20. The molecular weight excluding hydrogens is 198 g/mol. The van der Waals surface area contributed by atoms with Crippen molar-refractivity contribution in [1.29, 1.82) is 0 Å². The molecule has 0 aliphatic carbocycles. The predicted octanol–water partition coefficient (Wildman–Crippen LogP) is 3.09. The molecular formula is C11H8ClNO. The first kappa shape index (κ1) is 9.16. The van der Waals surface area contributed by atoms with Crippen LogP contribution in [-0.2, 0) is 0 Å². The van der Waals surface area contributed by atoms with Crippen molar-refractivity contribution in [3.8, 4) is 0 Å². The van der Waals surface area contributed by atoms with Crippen LogP contribution in [0.5, 0.6) is 0 Å². The van der Waals surface area contributed by atoms with Crippen molar-refractivity contribution in [2.24, 2.45) is 0 Å². The standard InChI is InChI=1S/C11H8ClNO/c1-7(14)9-6-8-4-2-3-5-10(8)13-11(9)12/h2-6H,1H3. The average molecular weight is 206 g/mol. The van der Waals surface area contributed by atoms with Gasteiger partial charge in [-0.1, -0.05) is 29.8 Å². The topological polar surface area (TPSA) is 30.0 Å². The second-order valence-corrected chi connectivity index (χ2v) is 3.43. The number of carbonyl (C=O) groups is 1. The number of nitrogens with zero attached hydrogens (tertiary/aromatic N) is 1. The third-order valence-electron chi connectivity index (χ3n) is 2.06. The van der Waals surface area contributed by atoms with Gasteiger partial charge in [0.05, 0.1) is 11.1 Å². The molecule has 14 heavy (non-hydrogen) atoms. The minimum absolute atomic E-state index is 0.0618. The maximum Gasteiger partial charge on any atom is 0.162 e. The second-order valence-electron chi connectivity index (χ2n) is 3.08. The summed E-state index contributed by atoms with van der Waals surface area (Å²) < 4.78 is 0. The van der Waals surface area contributed by atoms with E-state index < -0.39 is 0 Å². The third kappa shape index (κ3) is 1.49. The maximum atomic E-state index is 11.2. The van der Waals surface area contributed by atoms with Gasteiger partial charge in [0.15, 0.2) is 5.78 Å². The van der Waals surface area contributed by atoms with Gasteiger partial charge in [0.2, 0.25) is 0 Å².